The van der Waals surface area contributed by atoms with Crippen molar-refractivity contribution in [3.8, 4) is 0 Å². The molecule has 0 fully saturated rings. The van der Waals surface area contributed by atoms with Gasteiger partial charge in [0.2, 0.25) is 0 Å². The number of hydrogen-bond donors (Lipinski definition) is 1. The van der Waals surface area contributed by atoms with Crippen LogP contribution in [0.3, 0.4) is 0 Å². The fourth-order valence-corrected chi connectivity index (χ4v) is 1.67. The summed E-state index contributed by atoms with van der Waals surface area (Å²) >= 11 is 0. The van der Waals surface area contributed by atoms with Crippen LogP contribution < -0.4 is 5.73 Å². The van der Waals surface area contributed by atoms with Gasteiger partial charge in [-0.1, -0.05) is 6.92 Å². The summed E-state index contributed by atoms with van der Waals surface area (Å²) in [6.45, 7) is 2.67. The standard InChI is InChI=1S/C7H17NO2S/c1-7(3-5-8)4-6-11(2,9)10/h7H,3-6,8H2,1-2H3. The lowest BCUT2D eigenvalue weighted by Crippen LogP contribution is -2.11. The highest BCUT2D eigenvalue weighted by Gasteiger charge is 2.06. The Bertz CT molecular complexity index is 187. The van der Waals surface area contributed by atoms with Gasteiger partial charge in [-0.05, 0) is 25.3 Å². The van der Waals surface area contributed by atoms with Crippen LogP contribution in [0.15, 0.2) is 0 Å². The number of hydrogen-bond acceptors (Lipinski definition) is 3. The second-order valence-corrected chi connectivity index (χ2v) is 5.36. The molecule has 0 aliphatic carbocycles. The van der Waals surface area contributed by atoms with Crippen LogP contribution in [-0.4, -0.2) is 27.0 Å². The van der Waals surface area contributed by atoms with Gasteiger partial charge in [-0.25, -0.2) is 8.42 Å². The van der Waals surface area contributed by atoms with Crippen molar-refractivity contribution in [2.45, 2.75) is 19.8 Å². The van der Waals surface area contributed by atoms with E-state index in [1.165, 1.54) is 6.26 Å². The number of sulfone groups is 1. The molecule has 0 bridgehead atoms. The van der Waals surface area contributed by atoms with E-state index < -0.39 is 9.84 Å². The van der Waals surface area contributed by atoms with Crippen LogP contribution in [0.5, 0.6) is 0 Å². The lowest BCUT2D eigenvalue weighted by Gasteiger charge is -2.07. The molecule has 0 radical (unpaired) electrons. The first-order valence-corrected chi connectivity index (χ1v) is 5.89. The summed E-state index contributed by atoms with van der Waals surface area (Å²) in [5, 5.41) is 0. The average Bonchev–Trinajstić information content (AvgIpc) is 1.83. The minimum Gasteiger partial charge on any atom is -0.330 e. The van der Waals surface area contributed by atoms with Crippen molar-refractivity contribution >= 4 is 9.84 Å². The molecule has 2 N–H and O–H groups in total. The molecule has 0 aromatic rings. The Kier molecular flexibility index (Phi) is 4.68. The highest BCUT2D eigenvalue weighted by atomic mass is 32.2. The predicted molar refractivity (Wildman–Crippen MR) is 47.2 cm³/mol. The van der Waals surface area contributed by atoms with Gasteiger partial charge in [0, 0.05) is 6.26 Å². The third-order valence-corrected chi connectivity index (χ3v) is 2.62. The lowest BCUT2D eigenvalue weighted by molar-refractivity contribution is 0.517. The molecule has 11 heavy (non-hydrogen) atoms. The zero-order valence-corrected chi connectivity index (χ0v) is 8.02. The van der Waals surface area contributed by atoms with Crippen LogP contribution in [-0.2, 0) is 9.84 Å². The van der Waals surface area contributed by atoms with E-state index in [0.29, 0.717) is 12.5 Å². The maximum absolute atomic E-state index is 10.7. The molecule has 0 rings (SSSR count). The molecule has 0 amide bonds. The minimum atomic E-state index is -2.78. The van der Waals surface area contributed by atoms with Gasteiger partial charge in [-0.2, -0.15) is 0 Å². The molecule has 0 aliphatic heterocycles. The van der Waals surface area contributed by atoms with E-state index in [0.717, 1.165) is 12.8 Å². The smallest absolute Gasteiger partial charge is 0.147 e. The van der Waals surface area contributed by atoms with Gasteiger partial charge >= 0.3 is 0 Å². The molecule has 68 valence electrons. The van der Waals surface area contributed by atoms with Gasteiger partial charge in [0.25, 0.3) is 0 Å². The predicted octanol–water partition coefficient (Wildman–Crippen LogP) is 0.406. The Morgan fingerprint density at radius 1 is 1.36 bits per heavy atom. The third kappa shape index (κ3) is 7.81. The second kappa shape index (κ2) is 4.72. The van der Waals surface area contributed by atoms with Crippen molar-refractivity contribution < 1.29 is 8.42 Å². The second-order valence-electron chi connectivity index (χ2n) is 3.10. The van der Waals surface area contributed by atoms with E-state index in [2.05, 4.69) is 0 Å². The fourth-order valence-electron chi connectivity index (χ4n) is 0.844. The Morgan fingerprint density at radius 3 is 2.27 bits per heavy atom. The van der Waals surface area contributed by atoms with E-state index in [4.69, 9.17) is 5.73 Å². The van der Waals surface area contributed by atoms with Crippen molar-refractivity contribution in [3.63, 3.8) is 0 Å². The maximum Gasteiger partial charge on any atom is 0.147 e. The number of rotatable bonds is 5. The molecule has 1 atom stereocenters. The first-order valence-electron chi connectivity index (χ1n) is 3.83. The first-order chi connectivity index (χ1) is 4.95. The molecular formula is C7H17NO2S. The SMILES string of the molecule is CC(CCN)CCS(C)(=O)=O. The fraction of sp³-hybridized carbons (Fsp3) is 1.00. The van der Waals surface area contributed by atoms with E-state index in [1.54, 1.807) is 0 Å². The van der Waals surface area contributed by atoms with Crippen LogP contribution in [0.2, 0.25) is 0 Å². The molecule has 0 heterocycles. The summed E-state index contributed by atoms with van der Waals surface area (Å²) in [6.07, 6.45) is 2.91. The molecule has 4 heteroatoms. The van der Waals surface area contributed by atoms with Crippen molar-refractivity contribution in [2.24, 2.45) is 11.7 Å². The summed E-state index contributed by atoms with van der Waals surface area (Å²) in [5.41, 5.74) is 5.32. The minimum absolute atomic E-state index is 0.286. The lowest BCUT2D eigenvalue weighted by atomic mass is 10.1. The van der Waals surface area contributed by atoms with E-state index in [-0.39, 0.29) is 5.75 Å². The van der Waals surface area contributed by atoms with Gasteiger partial charge in [-0.3, -0.25) is 0 Å². The molecule has 3 nitrogen and oxygen atoms in total. The highest BCUT2D eigenvalue weighted by Crippen LogP contribution is 2.06. The Labute approximate surface area is 68.9 Å². The van der Waals surface area contributed by atoms with E-state index >= 15 is 0 Å². The van der Waals surface area contributed by atoms with Crippen LogP contribution in [0, 0.1) is 5.92 Å². The summed E-state index contributed by atoms with van der Waals surface area (Å²) in [7, 11) is -2.78. The molecule has 1 unspecified atom stereocenters. The van der Waals surface area contributed by atoms with E-state index in [9.17, 15) is 8.42 Å². The largest absolute Gasteiger partial charge is 0.330 e. The number of nitrogens with two attached hydrogens (primary N) is 1. The van der Waals surface area contributed by atoms with Crippen LogP contribution in [0.25, 0.3) is 0 Å². The van der Waals surface area contributed by atoms with Gasteiger partial charge in [0.1, 0.15) is 9.84 Å². The van der Waals surface area contributed by atoms with Crippen LogP contribution >= 0.6 is 0 Å². The third-order valence-electron chi connectivity index (χ3n) is 1.64. The maximum atomic E-state index is 10.7. The molecule has 0 spiro atoms. The summed E-state index contributed by atoms with van der Waals surface area (Å²) in [4.78, 5) is 0. The summed E-state index contributed by atoms with van der Waals surface area (Å²) in [5.74, 6) is 0.712. The first kappa shape index (κ1) is 10.9. The van der Waals surface area contributed by atoms with Gasteiger partial charge in [0.15, 0.2) is 0 Å². The highest BCUT2D eigenvalue weighted by molar-refractivity contribution is 7.90. The average molecular weight is 179 g/mol. The van der Waals surface area contributed by atoms with Gasteiger partial charge in [-0.15, -0.1) is 0 Å². The topological polar surface area (TPSA) is 60.2 Å². The Hall–Kier alpha value is -0.0900. The van der Waals surface area contributed by atoms with Gasteiger partial charge in [0.05, 0.1) is 5.75 Å². The molecule has 0 saturated carbocycles. The van der Waals surface area contributed by atoms with Crippen molar-refractivity contribution in [1.82, 2.24) is 0 Å². The van der Waals surface area contributed by atoms with Crippen LogP contribution in [0.4, 0.5) is 0 Å². The van der Waals surface area contributed by atoms with Crippen molar-refractivity contribution in [1.29, 1.82) is 0 Å². The normalized spacial score (nSPS) is 14.8. The molecule has 0 aromatic carbocycles. The Balaban J connectivity index is 3.54. The monoisotopic (exact) mass is 179 g/mol. The molecule has 0 aliphatic rings. The quantitative estimate of drug-likeness (QED) is 0.665. The summed E-state index contributed by atoms with van der Waals surface area (Å²) < 4.78 is 21.4. The zero-order chi connectivity index (χ0) is 8.91. The Morgan fingerprint density at radius 2 is 1.91 bits per heavy atom. The molecule has 0 aromatic heterocycles. The van der Waals surface area contributed by atoms with Crippen molar-refractivity contribution in [3.05, 3.63) is 0 Å². The molecular weight excluding hydrogens is 162 g/mol. The van der Waals surface area contributed by atoms with Crippen molar-refractivity contribution in [2.75, 3.05) is 18.6 Å². The van der Waals surface area contributed by atoms with Gasteiger partial charge < -0.3 is 5.73 Å². The van der Waals surface area contributed by atoms with E-state index in [1.807, 2.05) is 6.92 Å². The molecule has 0 saturated heterocycles. The summed E-state index contributed by atoms with van der Waals surface area (Å²) in [6, 6.07) is 0. The van der Waals surface area contributed by atoms with Crippen LogP contribution in [0.1, 0.15) is 19.8 Å². The zero-order valence-electron chi connectivity index (χ0n) is 7.21.